The minimum Gasteiger partial charge on any atom is -0.497 e. The van der Waals surface area contributed by atoms with Crippen LogP contribution in [0.1, 0.15) is 47.9 Å². The summed E-state index contributed by atoms with van der Waals surface area (Å²) in [5.74, 6) is 2.47. The van der Waals surface area contributed by atoms with Gasteiger partial charge in [-0.2, -0.15) is 0 Å². The van der Waals surface area contributed by atoms with E-state index in [9.17, 15) is 0 Å². The summed E-state index contributed by atoms with van der Waals surface area (Å²) in [7, 11) is 1.68. The zero-order chi connectivity index (χ0) is 35.2. The zero-order valence-electron chi connectivity index (χ0n) is 30.5. The highest BCUT2D eigenvalue weighted by Gasteiger charge is 2.26. The van der Waals surface area contributed by atoms with Crippen molar-refractivity contribution in [1.29, 1.82) is 0 Å². The van der Waals surface area contributed by atoms with E-state index >= 15 is 0 Å². The number of ether oxygens (including phenoxy) is 11. The van der Waals surface area contributed by atoms with Crippen LogP contribution in [0, 0.1) is 11.8 Å². The molecule has 2 aromatic carbocycles. The molecule has 4 bridgehead atoms. The van der Waals surface area contributed by atoms with Crippen LogP contribution in [0.25, 0.3) is 5.57 Å². The highest BCUT2D eigenvalue weighted by atomic mass is 16.6. The molecular formula is C40H58O11. The van der Waals surface area contributed by atoms with E-state index in [-0.39, 0.29) is 6.61 Å². The number of methoxy groups -OCH3 is 1. The lowest BCUT2D eigenvalue weighted by Gasteiger charge is -2.30. The first-order valence-corrected chi connectivity index (χ1v) is 18.6. The van der Waals surface area contributed by atoms with E-state index in [1.54, 1.807) is 7.11 Å². The summed E-state index contributed by atoms with van der Waals surface area (Å²) in [6, 6.07) is 14.4. The minimum atomic E-state index is 0.278. The van der Waals surface area contributed by atoms with Gasteiger partial charge >= 0.3 is 0 Å². The molecule has 2 aliphatic heterocycles. The fourth-order valence-corrected chi connectivity index (χ4v) is 6.64. The van der Waals surface area contributed by atoms with Crippen LogP contribution >= 0.6 is 0 Å². The first-order chi connectivity index (χ1) is 25.3. The summed E-state index contributed by atoms with van der Waals surface area (Å²) >= 11 is 0. The molecule has 2 atom stereocenters. The fourth-order valence-electron chi connectivity index (χ4n) is 6.64. The van der Waals surface area contributed by atoms with Crippen LogP contribution in [0.3, 0.4) is 0 Å². The molecule has 3 aliphatic rings. The summed E-state index contributed by atoms with van der Waals surface area (Å²) in [5.41, 5.74) is 5.01. The molecule has 284 valence electrons. The van der Waals surface area contributed by atoms with E-state index in [0.717, 1.165) is 58.8 Å². The normalized spacial score (nSPS) is 24.8. The second-order valence-electron chi connectivity index (χ2n) is 13.0. The van der Waals surface area contributed by atoms with Crippen molar-refractivity contribution in [2.45, 2.75) is 38.9 Å². The highest BCUT2D eigenvalue weighted by molar-refractivity contribution is 5.84. The van der Waals surface area contributed by atoms with Crippen molar-refractivity contribution in [2.75, 3.05) is 119 Å². The molecule has 0 aromatic heterocycles. The summed E-state index contributed by atoms with van der Waals surface area (Å²) in [6.07, 6.45) is 4.54. The maximum absolute atomic E-state index is 6.93. The lowest BCUT2D eigenvalue weighted by atomic mass is 9.82. The Morgan fingerprint density at radius 2 is 1.00 bits per heavy atom. The predicted molar refractivity (Wildman–Crippen MR) is 192 cm³/mol. The van der Waals surface area contributed by atoms with Crippen molar-refractivity contribution in [2.24, 2.45) is 11.8 Å². The number of rotatable bonds is 3. The summed E-state index contributed by atoms with van der Waals surface area (Å²) in [5, 5.41) is 0. The van der Waals surface area contributed by atoms with Crippen molar-refractivity contribution >= 4 is 5.57 Å². The molecule has 0 N–H and O–H groups in total. The minimum absolute atomic E-state index is 0.278. The third kappa shape index (κ3) is 14.1. The van der Waals surface area contributed by atoms with Gasteiger partial charge in [-0.05, 0) is 65.5 Å². The SMILES string of the molecule is COc1ccc(C(=C2COCCOCCOCCOCC3CCCC(CO2)C3)c2c3cccc2COCCOCCOCCOCCOC3)cc1. The van der Waals surface area contributed by atoms with E-state index in [1.165, 1.54) is 12.8 Å². The van der Waals surface area contributed by atoms with Crippen LogP contribution in [0.5, 0.6) is 5.75 Å². The van der Waals surface area contributed by atoms with E-state index in [0.29, 0.717) is 124 Å². The van der Waals surface area contributed by atoms with Gasteiger partial charge in [0.05, 0.1) is 119 Å². The molecule has 0 spiro atoms. The lowest BCUT2D eigenvalue weighted by molar-refractivity contribution is -0.0162. The van der Waals surface area contributed by atoms with Crippen molar-refractivity contribution in [3.8, 4) is 5.75 Å². The monoisotopic (exact) mass is 714 g/mol. The molecule has 11 nitrogen and oxygen atoms in total. The topological polar surface area (TPSA) is 102 Å². The summed E-state index contributed by atoms with van der Waals surface area (Å²) in [6.45, 7) is 9.39. The molecule has 5 rings (SSSR count). The van der Waals surface area contributed by atoms with Gasteiger partial charge in [-0.25, -0.2) is 0 Å². The average molecular weight is 715 g/mol. The van der Waals surface area contributed by atoms with Gasteiger partial charge < -0.3 is 52.1 Å². The molecular weight excluding hydrogens is 656 g/mol. The molecule has 51 heavy (non-hydrogen) atoms. The quantitative estimate of drug-likeness (QED) is 0.406. The Kier molecular flexibility index (Phi) is 18.5. The van der Waals surface area contributed by atoms with Gasteiger partial charge in [0.25, 0.3) is 0 Å². The number of benzene rings is 2. The van der Waals surface area contributed by atoms with Gasteiger partial charge in [-0.15, -0.1) is 0 Å². The molecule has 11 heteroatoms. The lowest BCUT2D eigenvalue weighted by Crippen LogP contribution is -2.24. The van der Waals surface area contributed by atoms with Gasteiger partial charge in [0.2, 0.25) is 0 Å². The second-order valence-corrected chi connectivity index (χ2v) is 13.0. The van der Waals surface area contributed by atoms with E-state index in [1.807, 2.05) is 12.1 Å². The molecule has 0 amide bonds. The average Bonchev–Trinajstić information content (AvgIpc) is 3.16. The number of hydrogen-bond acceptors (Lipinski definition) is 11. The van der Waals surface area contributed by atoms with Gasteiger partial charge in [-0.3, -0.25) is 0 Å². The van der Waals surface area contributed by atoms with Crippen molar-refractivity contribution in [3.63, 3.8) is 0 Å². The van der Waals surface area contributed by atoms with E-state index < -0.39 is 0 Å². The molecule has 2 heterocycles. The predicted octanol–water partition coefficient (Wildman–Crippen LogP) is 5.45. The largest absolute Gasteiger partial charge is 0.497 e. The Balaban J connectivity index is 1.51. The molecule has 2 aromatic rings. The van der Waals surface area contributed by atoms with Gasteiger partial charge in [0, 0.05) is 12.2 Å². The van der Waals surface area contributed by atoms with Crippen molar-refractivity contribution < 1.29 is 52.1 Å². The number of fused-ring (bicyclic) bond motifs is 4. The first kappa shape index (κ1) is 39.6. The van der Waals surface area contributed by atoms with E-state index in [2.05, 4.69) is 30.3 Å². The first-order valence-electron chi connectivity index (χ1n) is 18.6. The third-order valence-corrected chi connectivity index (χ3v) is 9.24. The maximum Gasteiger partial charge on any atom is 0.130 e. The summed E-state index contributed by atoms with van der Waals surface area (Å²) < 4.78 is 65.8. The fraction of sp³-hybridized carbons (Fsp3) is 0.650. The third-order valence-electron chi connectivity index (χ3n) is 9.24. The van der Waals surface area contributed by atoms with Gasteiger partial charge in [-0.1, -0.05) is 36.8 Å². The van der Waals surface area contributed by atoms with Crippen LogP contribution in [-0.2, 0) is 60.6 Å². The highest BCUT2D eigenvalue weighted by Crippen LogP contribution is 2.36. The van der Waals surface area contributed by atoms with Gasteiger partial charge in [0.15, 0.2) is 0 Å². The smallest absolute Gasteiger partial charge is 0.130 e. The maximum atomic E-state index is 6.93. The molecule has 1 aliphatic carbocycles. The van der Waals surface area contributed by atoms with Crippen LogP contribution in [-0.4, -0.2) is 119 Å². The zero-order valence-corrected chi connectivity index (χ0v) is 30.5. The Bertz CT molecular complexity index is 1230. The molecule has 0 radical (unpaired) electrons. The Morgan fingerprint density at radius 1 is 0.529 bits per heavy atom. The van der Waals surface area contributed by atoms with Gasteiger partial charge in [0.1, 0.15) is 18.1 Å². The standard InChI is InChI=1S/C40H58O11/c1-41-37-10-8-34(9-11-37)40(38-31-50-25-21-46-17-16-43-18-22-47-27-32-4-2-5-33(26-32)28-51-38)39-35-6-3-7-36(39)30-49-24-20-45-15-13-42-12-14-44-19-23-48-29-35/h3,6-11,32-33H,2,4-5,12-31H2,1H3. The van der Waals surface area contributed by atoms with Crippen molar-refractivity contribution in [1.82, 2.24) is 0 Å². The Labute approximate surface area is 303 Å². The van der Waals surface area contributed by atoms with Crippen LogP contribution in [0.15, 0.2) is 48.2 Å². The Morgan fingerprint density at radius 3 is 1.53 bits per heavy atom. The van der Waals surface area contributed by atoms with Crippen molar-refractivity contribution in [3.05, 3.63) is 70.5 Å². The van der Waals surface area contributed by atoms with Crippen LogP contribution < -0.4 is 4.74 Å². The molecule has 1 saturated heterocycles. The Hall–Kier alpha value is -2.58. The molecule has 2 unspecified atom stereocenters. The molecule has 1 saturated carbocycles. The van der Waals surface area contributed by atoms with Crippen LogP contribution in [0.2, 0.25) is 0 Å². The second kappa shape index (κ2) is 23.9. The van der Waals surface area contributed by atoms with E-state index in [4.69, 9.17) is 52.1 Å². The van der Waals surface area contributed by atoms with Crippen LogP contribution in [0.4, 0.5) is 0 Å². The summed E-state index contributed by atoms with van der Waals surface area (Å²) in [4.78, 5) is 0. The number of hydrogen-bond donors (Lipinski definition) is 0. The molecule has 2 fully saturated rings.